The summed E-state index contributed by atoms with van der Waals surface area (Å²) < 4.78 is 5.19. The van der Waals surface area contributed by atoms with Crippen molar-refractivity contribution >= 4 is 11.8 Å². The Hall–Kier alpha value is -1.14. The second-order valence-corrected chi connectivity index (χ2v) is 4.04. The second-order valence-electron chi connectivity index (χ2n) is 4.04. The molecule has 0 spiro atoms. The lowest BCUT2D eigenvalue weighted by Gasteiger charge is -2.29. The Morgan fingerprint density at radius 2 is 2.00 bits per heavy atom. The molecule has 6 heteroatoms. The largest absolute Gasteiger partial charge is 0.378 e. The fraction of sp³-hybridized carbons (Fsp3) is 0.818. The Balaban J connectivity index is 2.23. The summed E-state index contributed by atoms with van der Waals surface area (Å²) in [5, 5.41) is 5.59. The average molecular weight is 243 g/mol. The van der Waals surface area contributed by atoms with Crippen LogP contribution in [0.2, 0.25) is 0 Å². The summed E-state index contributed by atoms with van der Waals surface area (Å²) in [4.78, 5) is 24.7. The van der Waals surface area contributed by atoms with Crippen LogP contribution < -0.4 is 10.6 Å². The molecule has 2 N–H and O–H groups in total. The Kier molecular flexibility index (Phi) is 5.93. The molecule has 1 rings (SSSR count). The van der Waals surface area contributed by atoms with E-state index in [0.717, 1.165) is 0 Å². The van der Waals surface area contributed by atoms with Gasteiger partial charge in [0.05, 0.1) is 19.3 Å². The van der Waals surface area contributed by atoms with E-state index in [2.05, 4.69) is 10.6 Å². The molecule has 1 atom stereocenters. The molecule has 1 fully saturated rings. The standard InChI is InChI=1S/C11H21N3O3/c1-9(13-4-3-10(15)12-2)11(16)14-5-7-17-8-6-14/h9,13H,3-8H2,1-2H3,(H,12,15). The van der Waals surface area contributed by atoms with Crippen molar-refractivity contribution in [2.75, 3.05) is 39.9 Å². The van der Waals surface area contributed by atoms with E-state index in [9.17, 15) is 9.59 Å². The number of carbonyl (C=O) groups excluding carboxylic acids is 2. The van der Waals surface area contributed by atoms with Gasteiger partial charge in [0.25, 0.3) is 0 Å². The predicted octanol–water partition coefficient (Wildman–Crippen LogP) is -1.04. The summed E-state index contributed by atoms with van der Waals surface area (Å²) in [6.45, 7) is 4.85. The zero-order valence-corrected chi connectivity index (χ0v) is 10.5. The Morgan fingerprint density at radius 3 is 2.59 bits per heavy atom. The summed E-state index contributed by atoms with van der Waals surface area (Å²) in [5.74, 6) is 0.0497. The molecule has 2 amide bonds. The number of nitrogens with zero attached hydrogens (tertiary/aromatic N) is 1. The highest BCUT2D eigenvalue weighted by Gasteiger charge is 2.21. The third-order valence-electron chi connectivity index (χ3n) is 2.77. The molecule has 1 aliphatic rings. The van der Waals surface area contributed by atoms with Gasteiger partial charge in [-0.1, -0.05) is 0 Å². The predicted molar refractivity (Wildman–Crippen MR) is 63.5 cm³/mol. The summed E-state index contributed by atoms with van der Waals surface area (Å²) in [5.41, 5.74) is 0. The number of ether oxygens (including phenoxy) is 1. The maximum Gasteiger partial charge on any atom is 0.239 e. The first-order chi connectivity index (χ1) is 8.15. The van der Waals surface area contributed by atoms with E-state index >= 15 is 0 Å². The minimum Gasteiger partial charge on any atom is -0.378 e. The molecular weight excluding hydrogens is 222 g/mol. The normalized spacial score (nSPS) is 17.6. The highest BCUT2D eigenvalue weighted by Crippen LogP contribution is 2.00. The zero-order chi connectivity index (χ0) is 12.7. The van der Waals surface area contributed by atoms with Crippen LogP contribution in [0.25, 0.3) is 0 Å². The van der Waals surface area contributed by atoms with Crippen molar-refractivity contribution in [2.24, 2.45) is 0 Å². The third kappa shape index (κ3) is 4.70. The lowest BCUT2D eigenvalue weighted by atomic mass is 10.2. The van der Waals surface area contributed by atoms with Gasteiger partial charge in [-0.25, -0.2) is 0 Å². The molecule has 0 aromatic heterocycles. The van der Waals surface area contributed by atoms with Gasteiger partial charge in [-0.05, 0) is 6.92 Å². The first kappa shape index (κ1) is 13.9. The van der Waals surface area contributed by atoms with Crippen molar-refractivity contribution < 1.29 is 14.3 Å². The van der Waals surface area contributed by atoms with E-state index in [1.165, 1.54) is 0 Å². The number of hydrogen-bond donors (Lipinski definition) is 2. The molecule has 6 nitrogen and oxygen atoms in total. The number of morpholine rings is 1. The number of amides is 2. The molecule has 1 saturated heterocycles. The molecular formula is C11H21N3O3. The van der Waals surface area contributed by atoms with Crippen LogP contribution in [0.5, 0.6) is 0 Å². The summed E-state index contributed by atoms with van der Waals surface area (Å²) in [7, 11) is 1.60. The van der Waals surface area contributed by atoms with Crippen LogP contribution in [0.3, 0.4) is 0 Å². The molecule has 0 aromatic carbocycles. The SMILES string of the molecule is CNC(=O)CCNC(C)C(=O)N1CCOCC1. The van der Waals surface area contributed by atoms with Crippen LogP contribution in [-0.4, -0.2) is 62.7 Å². The molecule has 0 bridgehead atoms. The van der Waals surface area contributed by atoms with Crippen LogP contribution in [0, 0.1) is 0 Å². The van der Waals surface area contributed by atoms with E-state index in [1.54, 1.807) is 11.9 Å². The maximum absolute atomic E-state index is 12.0. The molecule has 0 radical (unpaired) electrons. The summed E-state index contributed by atoms with van der Waals surface area (Å²) in [6, 6.07) is -0.252. The van der Waals surface area contributed by atoms with E-state index < -0.39 is 0 Å². The summed E-state index contributed by atoms with van der Waals surface area (Å²) >= 11 is 0. The topological polar surface area (TPSA) is 70.7 Å². The van der Waals surface area contributed by atoms with Crippen LogP contribution in [0.1, 0.15) is 13.3 Å². The van der Waals surface area contributed by atoms with Crippen LogP contribution in [-0.2, 0) is 14.3 Å². The third-order valence-corrected chi connectivity index (χ3v) is 2.77. The van der Waals surface area contributed by atoms with Crippen LogP contribution in [0.15, 0.2) is 0 Å². The van der Waals surface area contributed by atoms with Crippen molar-refractivity contribution in [2.45, 2.75) is 19.4 Å². The Labute approximate surface area is 102 Å². The lowest BCUT2D eigenvalue weighted by Crippen LogP contribution is -2.49. The second kappa shape index (κ2) is 7.24. The molecule has 0 aliphatic carbocycles. The lowest BCUT2D eigenvalue weighted by molar-refractivity contribution is -0.137. The molecule has 1 heterocycles. The first-order valence-corrected chi connectivity index (χ1v) is 5.95. The van der Waals surface area contributed by atoms with Gasteiger partial charge in [-0.2, -0.15) is 0 Å². The molecule has 0 saturated carbocycles. The first-order valence-electron chi connectivity index (χ1n) is 5.95. The van der Waals surface area contributed by atoms with Crippen molar-refractivity contribution in [3.05, 3.63) is 0 Å². The number of carbonyl (C=O) groups is 2. The average Bonchev–Trinajstić information content (AvgIpc) is 2.38. The Morgan fingerprint density at radius 1 is 1.35 bits per heavy atom. The zero-order valence-electron chi connectivity index (χ0n) is 10.5. The smallest absolute Gasteiger partial charge is 0.239 e. The maximum atomic E-state index is 12.0. The van der Waals surface area contributed by atoms with Crippen molar-refractivity contribution in [3.8, 4) is 0 Å². The van der Waals surface area contributed by atoms with Crippen LogP contribution >= 0.6 is 0 Å². The highest BCUT2D eigenvalue weighted by molar-refractivity contribution is 5.81. The highest BCUT2D eigenvalue weighted by atomic mass is 16.5. The molecule has 1 unspecified atom stereocenters. The van der Waals surface area contributed by atoms with Gasteiger partial charge in [-0.3, -0.25) is 9.59 Å². The minimum absolute atomic E-state index is 0.0245. The quantitative estimate of drug-likeness (QED) is 0.647. The Bertz CT molecular complexity index is 265. The molecule has 98 valence electrons. The summed E-state index contributed by atoms with van der Waals surface area (Å²) in [6.07, 6.45) is 0.386. The van der Waals surface area contributed by atoms with E-state index in [1.807, 2.05) is 6.92 Å². The fourth-order valence-corrected chi connectivity index (χ4v) is 1.67. The molecule has 0 aromatic rings. The monoisotopic (exact) mass is 243 g/mol. The van der Waals surface area contributed by atoms with Gasteiger partial charge in [0.1, 0.15) is 0 Å². The fourth-order valence-electron chi connectivity index (χ4n) is 1.67. The van der Waals surface area contributed by atoms with Crippen molar-refractivity contribution in [3.63, 3.8) is 0 Å². The van der Waals surface area contributed by atoms with Gasteiger partial charge in [0, 0.05) is 33.1 Å². The van der Waals surface area contributed by atoms with E-state index in [-0.39, 0.29) is 17.9 Å². The van der Waals surface area contributed by atoms with Gasteiger partial charge in [0.2, 0.25) is 11.8 Å². The van der Waals surface area contributed by atoms with E-state index in [0.29, 0.717) is 39.3 Å². The van der Waals surface area contributed by atoms with Gasteiger partial charge in [0.15, 0.2) is 0 Å². The molecule has 1 aliphatic heterocycles. The number of nitrogens with one attached hydrogen (secondary N) is 2. The number of hydrogen-bond acceptors (Lipinski definition) is 4. The number of rotatable bonds is 5. The van der Waals surface area contributed by atoms with Crippen molar-refractivity contribution in [1.82, 2.24) is 15.5 Å². The van der Waals surface area contributed by atoms with Crippen molar-refractivity contribution in [1.29, 1.82) is 0 Å². The van der Waals surface area contributed by atoms with Crippen LogP contribution in [0.4, 0.5) is 0 Å². The van der Waals surface area contributed by atoms with E-state index in [4.69, 9.17) is 4.74 Å². The van der Waals surface area contributed by atoms with Gasteiger partial charge >= 0.3 is 0 Å². The minimum atomic E-state index is -0.252. The van der Waals surface area contributed by atoms with Gasteiger partial charge < -0.3 is 20.3 Å². The van der Waals surface area contributed by atoms with Gasteiger partial charge in [-0.15, -0.1) is 0 Å². The molecule has 17 heavy (non-hydrogen) atoms.